The van der Waals surface area contributed by atoms with Gasteiger partial charge in [0.05, 0.1) is 18.6 Å². The van der Waals surface area contributed by atoms with Gasteiger partial charge in [-0.25, -0.2) is 0 Å². The molecule has 100 valence electrons. The molecule has 0 saturated carbocycles. The van der Waals surface area contributed by atoms with Crippen LogP contribution < -0.4 is 0 Å². The number of carbonyl (C=O) groups excluding carboxylic acids is 1. The molecule has 0 unspecified atom stereocenters. The van der Waals surface area contributed by atoms with E-state index in [1.807, 2.05) is 0 Å². The quantitative estimate of drug-likeness (QED) is 0.622. The summed E-state index contributed by atoms with van der Waals surface area (Å²) in [4.78, 5) is 11.5. The first-order valence-corrected chi connectivity index (χ1v) is 9.00. The average Bonchev–Trinajstić information content (AvgIpc) is 2.43. The van der Waals surface area contributed by atoms with E-state index in [0.717, 1.165) is 0 Å². The van der Waals surface area contributed by atoms with E-state index in [1.165, 1.54) is 0 Å². The molecule has 0 bridgehead atoms. The molecule has 4 nitrogen and oxygen atoms in total. The Morgan fingerprint density at radius 2 is 1.94 bits per heavy atom. The minimum Gasteiger partial charge on any atom is -0.457 e. The Labute approximate surface area is 104 Å². The zero-order valence-corrected chi connectivity index (χ0v) is 12.6. The van der Waals surface area contributed by atoms with Crippen LogP contribution in [0.2, 0.25) is 18.1 Å². The van der Waals surface area contributed by atoms with Crippen molar-refractivity contribution in [2.45, 2.75) is 58.0 Å². The number of aliphatic hydroxyl groups excluding tert-OH is 1. The summed E-state index contributed by atoms with van der Waals surface area (Å²) in [7, 11) is -1.94. The molecule has 0 aromatic heterocycles. The van der Waals surface area contributed by atoms with Gasteiger partial charge < -0.3 is 14.3 Å². The summed E-state index contributed by atoms with van der Waals surface area (Å²) in [5.74, 6) is -0.561. The molecule has 0 aromatic carbocycles. The standard InChI is InChI=1S/C12H24O4Si/c1-8-10(9(7-13)15-11(8)14)16-17(5,6)12(2,3)4/h8-10,13H,7H2,1-6H3/t8-,9+,10-/m0/s1. The van der Waals surface area contributed by atoms with E-state index in [4.69, 9.17) is 9.16 Å². The fourth-order valence-corrected chi connectivity index (χ4v) is 3.01. The third-order valence-corrected chi connectivity index (χ3v) is 8.39. The van der Waals surface area contributed by atoms with Gasteiger partial charge in [-0.15, -0.1) is 0 Å². The van der Waals surface area contributed by atoms with Crippen LogP contribution in [-0.4, -0.2) is 38.2 Å². The van der Waals surface area contributed by atoms with Crippen LogP contribution in [0, 0.1) is 5.92 Å². The molecular formula is C12H24O4Si. The van der Waals surface area contributed by atoms with Crippen molar-refractivity contribution in [3.05, 3.63) is 0 Å². The van der Waals surface area contributed by atoms with Gasteiger partial charge in [0, 0.05) is 0 Å². The minimum atomic E-state index is -1.94. The Morgan fingerprint density at radius 3 is 2.35 bits per heavy atom. The Kier molecular flexibility index (Phi) is 4.06. The maximum absolute atomic E-state index is 11.5. The van der Waals surface area contributed by atoms with Crippen LogP contribution in [0.3, 0.4) is 0 Å². The van der Waals surface area contributed by atoms with E-state index >= 15 is 0 Å². The lowest BCUT2D eigenvalue weighted by Crippen LogP contribution is -2.48. The Morgan fingerprint density at radius 1 is 1.41 bits per heavy atom. The maximum Gasteiger partial charge on any atom is 0.311 e. The number of ether oxygens (including phenoxy) is 1. The van der Waals surface area contributed by atoms with Gasteiger partial charge in [-0.05, 0) is 25.1 Å². The smallest absolute Gasteiger partial charge is 0.311 e. The molecule has 1 rings (SSSR count). The van der Waals surface area contributed by atoms with Crippen molar-refractivity contribution in [1.82, 2.24) is 0 Å². The van der Waals surface area contributed by atoms with E-state index in [9.17, 15) is 9.90 Å². The molecular weight excluding hydrogens is 236 g/mol. The fourth-order valence-electron chi connectivity index (χ4n) is 1.62. The van der Waals surface area contributed by atoms with E-state index in [1.54, 1.807) is 6.92 Å². The summed E-state index contributed by atoms with van der Waals surface area (Å²) < 4.78 is 11.3. The lowest BCUT2D eigenvalue weighted by atomic mass is 10.0. The molecule has 0 amide bonds. The molecule has 0 aromatic rings. The first kappa shape index (κ1) is 14.7. The Hall–Kier alpha value is -0.393. The van der Waals surface area contributed by atoms with Crippen molar-refractivity contribution in [3.63, 3.8) is 0 Å². The second-order valence-electron chi connectivity index (χ2n) is 6.29. The highest BCUT2D eigenvalue weighted by Crippen LogP contribution is 2.39. The van der Waals surface area contributed by atoms with E-state index in [0.29, 0.717) is 0 Å². The fraction of sp³-hybridized carbons (Fsp3) is 0.917. The molecule has 1 aliphatic rings. The molecule has 17 heavy (non-hydrogen) atoms. The second kappa shape index (κ2) is 4.70. The van der Waals surface area contributed by atoms with Gasteiger partial charge in [0.1, 0.15) is 0 Å². The van der Waals surface area contributed by atoms with Crippen molar-refractivity contribution >= 4 is 14.3 Å². The summed E-state index contributed by atoms with van der Waals surface area (Å²) in [6.07, 6.45) is -0.819. The average molecular weight is 260 g/mol. The highest BCUT2D eigenvalue weighted by Gasteiger charge is 2.48. The predicted octanol–water partition coefficient (Wildman–Crippen LogP) is 1.93. The topological polar surface area (TPSA) is 55.8 Å². The monoisotopic (exact) mass is 260 g/mol. The zero-order chi connectivity index (χ0) is 13.4. The molecule has 1 aliphatic heterocycles. The van der Waals surface area contributed by atoms with Gasteiger partial charge in [0.25, 0.3) is 0 Å². The molecule has 1 N–H and O–H groups in total. The Balaban J connectivity index is 2.83. The molecule has 3 atom stereocenters. The lowest BCUT2D eigenvalue weighted by Gasteiger charge is -2.39. The van der Waals surface area contributed by atoms with Gasteiger partial charge in [0.15, 0.2) is 14.4 Å². The summed E-state index contributed by atoms with van der Waals surface area (Å²) in [6, 6.07) is 0. The van der Waals surface area contributed by atoms with Crippen molar-refractivity contribution in [2.24, 2.45) is 5.92 Å². The number of hydrogen-bond donors (Lipinski definition) is 1. The SMILES string of the molecule is C[C@@H]1C(=O)O[C@H](CO)[C@H]1O[Si](C)(C)C(C)(C)C. The van der Waals surface area contributed by atoms with E-state index < -0.39 is 14.4 Å². The molecule has 0 spiro atoms. The van der Waals surface area contributed by atoms with E-state index in [2.05, 4.69) is 33.9 Å². The van der Waals surface area contributed by atoms with Gasteiger partial charge in [-0.2, -0.15) is 0 Å². The third kappa shape index (κ3) is 2.89. The Bertz CT molecular complexity index is 295. The van der Waals surface area contributed by atoms with Crippen LogP contribution in [-0.2, 0) is 14.0 Å². The lowest BCUT2D eigenvalue weighted by molar-refractivity contribution is -0.145. The van der Waals surface area contributed by atoms with Crippen LogP contribution in [0.4, 0.5) is 0 Å². The molecule has 1 heterocycles. The van der Waals surface area contributed by atoms with Crippen LogP contribution in [0.25, 0.3) is 0 Å². The third-order valence-electron chi connectivity index (χ3n) is 3.92. The number of hydrogen-bond acceptors (Lipinski definition) is 4. The first-order valence-electron chi connectivity index (χ1n) is 6.09. The minimum absolute atomic E-state index is 0.0817. The number of carbonyl (C=O) groups is 1. The normalized spacial score (nSPS) is 30.5. The van der Waals surface area contributed by atoms with Crippen molar-refractivity contribution in [1.29, 1.82) is 0 Å². The van der Waals surface area contributed by atoms with Gasteiger partial charge >= 0.3 is 5.97 Å². The summed E-state index contributed by atoms with van der Waals surface area (Å²) >= 11 is 0. The molecule has 0 aliphatic carbocycles. The summed E-state index contributed by atoms with van der Waals surface area (Å²) in [5.41, 5.74) is 0. The van der Waals surface area contributed by atoms with Crippen molar-refractivity contribution in [3.8, 4) is 0 Å². The zero-order valence-electron chi connectivity index (χ0n) is 11.6. The second-order valence-corrected chi connectivity index (χ2v) is 11.0. The molecule has 1 saturated heterocycles. The van der Waals surface area contributed by atoms with Crippen LogP contribution in [0.5, 0.6) is 0 Å². The number of rotatable bonds is 3. The molecule has 0 radical (unpaired) electrons. The van der Waals surface area contributed by atoms with Gasteiger partial charge in [-0.1, -0.05) is 20.8 Å². The number of esters is 1. The number of cyclic esters (lactones) is 1. The largest absolute Gasteiger partial charge is 0.457 e. The van der Waals surface area contributed by atoms with Crippen LogP contribution >= 0.6 is 0 Å². The van der Waals surface area contributed by atoms with Crippen molar-refractivity contribution < 1.29 is 19.1 Å². The summed E-state index contributed by atoms with van der Waals surface area (Å²) in [6.45, 7) is 12.3. The van der Waals surface area contributed by atoms with Crippen molar-refractivity contribution in [2.75, 3.05) is 6.61 Å². The first-order chi connectivity index (χ1) is 7.60. The van der Waals surface area contributed by atoms with E-state index in [-0.39, 0.29) is 29.6 Å². The maximum atomic E-state index is 11.5. The highest BCUT2D eigenvalue weighted by atomic mass is 28.4. The van der Waals surface area contributed by atoms with Crippen LogP contribution in [0.15, 0.2) is 0 Å². The molecule has 1 fully saturated rings. The highest BCUT2D eigenvalue weighted by molar-refractivity contribution is 6.74. The summed E-state index contributed by atoms with van der Waals surface area (Å²) in [5, 5.41) is 9.31. The number of aliphatic hydroxyl groups is 1. The predicted molar refractivity (Wildman–Crippen MR) is 68.2 cm³/mol. The molecule has 5 heteroatoms. The van der Waals surface area contributed by atoms with Gasteiger partial charge in [-0.3, -0.25) is 4.79 Å². The van der Waals surface area contributed by atoms with Gasteiger partial charge in [0.2, 0.25) is 0 Å². The van der Waals surface area contributed by atoms with Crippen LogP contribution in [0.1, 0.15) is 27.7 Å².